The largest absolute Gasteiger partial charge is 0.462 e. The van der Waals surface area contributed by atoms with Crippen LogP contribution in [0.2, 0.25) is 0 Å². The van der Waals surface area contributed by atoms with Crippen LogP contribution < -0.4 is 5.32 Å². The second-order valence-corrected chi connectivity index (χ2v) is 6.30. The van der Waals surface area contributed by atoms with Crippen LogP contribution in [0.15, 0.2) is 54.6 Å². The quantitative estimate of drug-likeness (QED) is 0.815. The molecule has 1 amide bonds. The average Bonchev–Trinajstić information content (AvgIpc) is 2.56. The summed E-state index contributed by atoms with van der Waals surface area (Å²) in [6, 6.07) is 16.7. The molecule has 4 nitrogen and oxygen atoms in total. The number of hydrogen-bond donors (Lipinski definition) is 1. The van der Waals surface area contributed by atoms with E-state index in [-0.39, 0.29) is 11.9 Å². The molecule has 0 aliphatic rings. The second kappa shape index (κ2) is 7.77. The molecule has 0 saturated carbocycles. The van der Waals surface area contributed by atoms with Crippen molar-refractivity contribution >= 4 is 17.6 Å². The van der Waals surface area contributed by atoms with E-state index >= 15 is 0 Å². The number of ether oxygens (including phenoxy) is 1. The number of esters is 1. The number of hydrogen-bond acceptors (Lipinski definition) is 3. The molecule has 2 rings (SSSR count). The van der Waals surface area contributed by atoms with Gasteiger partial charge in [0.05, 0.1) is 12.2 Å². The highest BCUT2D eigenvalue weighted by molar-refractivity contribution is 5.96. The Morgan fingerprint density at radius 2 is 1.62 bits per heavy atom. The fraction of sp³-hybridized carbons (Fsp3) is 0.300. The predicted molar refractivity (Wildman–Crippen MR) is 95.0 cm³/mol. The number of anilines is 1. The molecular weight excluding hydrogens is 302 g/mol. The summed E-state index contributed by atoms with van der Waals surface area (Å²) in [5.74, 6) is -0.421. The van der Waals surface area contributed by atoms with E-state index < -0.39 is 5.41 Å². The van der Waals surface area contributed by atoms with Crippen molar-refractivity contribution in [2.75, 3.05) is 11.9 Å². The summed E-state index contributed by atoms with van der Waals surface area (Å²) in [5, 5.41) is 2.91. The van der Waals surface area contributed by atoms with Gasteiger partial charge in [-0.3, -0.25) is 4.79 Å². The standard InChI is InChI=1S/C20H23NO3/c1-4-24-18(22)16-10-12-17(13-11-16)21-19(23)20(2,3)14-15-8-6-5-7-9-15/h5-13H,4,14H2,1-3H3,(H,21,23). The zero-order valence-electron chi connectivity index (χ0n) is 14.3. The lowest BCUT2D eigenvalue weighted by Crippen LogP contribution is -2.32. The van der Waals surface area contributed by atoms with Crippen molar-refractivity contribution in [1.29, 1.82) is 0 Å². The molecule has 2 aromatic rings. The monoisotopic (exact) mass is 325 g/mol. The summed E-state index contributed by atoms with van der Waals surface area (Å²) in [5.41, 5.74) is 1.71. The average molecular weight is 325 g/mol. The van der Waals surface area contributed by atoms with Crippen molar-refractivity contribution in [1.82, 2.24) is 0 Å². The Kier molecular flexibility index (Phi) is 5.74. The van der Waals surface area contributed by atoms with Gasteiger partial charge in [0.2, 0.25) is 5.91 Å². The molecule has 2 aromatic carbocycles. The van der Waals surface area contributed by atoms with Gasteiger partial charge in [-0.15, -0.1) is 0 Å². The molecule has 0 aliphatic heterocycles. The maximum atomic E-state index is 12.6. The highest BCUT2D eigenvalue weighted by Gasteiger charge is 2.28. The number of nitrogens with one attached hydrogen (secondary N) is 1. The highest BCUT2D eigenvalue weighted by Crippen LogP contribution is 2.24. The van der Waals surface area contributed by atoms with Crippen molar-refractivity contribution in [2.45, 2.75) is 27.2 Å². The summed E-state index contributed by atoms with van der Waals surface area (Å²) < 4.78 is 4.94. The normalized spacial score (nSPS) is 11.0. The van der Waals surface area contributed by atoms with Gasteiger partial charge in [-0.25, -0.2) is 4.79 Å². The Labute approximate surface area is 142 Å². The maximum absolute atomic E-state index is 12.6. The molecule has 0 unspecified atom stereocenters. The predicted octanol–water partition coefficient (Wildman–Crippen LogP) is 4.07. The lowest BCUT2D eigenvalue weighted by molar-refractivity contribution is -0.123. The highest BCUT2D eigenvalue weighted by atomic mass is 16.5. The van der Waals surface area contributed by atoms with Gasteiger partial charge in [-0.05, 0) is 43.2 Å². The van der Waals surface area contributed by atoms with Crippen LogP contribution in [0.5, 0.6) is 0 Å². The van der Waals surface area contributed by atoms with Gasteiger partial charge in [-0.2, -0.15) is 0 Å². The lowest BCUT2D eigenvalue weighted by Gasteiger charge is -2.23. The van der Waals surface area contributed by atoms with Gasteiger partial charge in [0.1, 0.15) is 0 Å². The Balaban J connectivity index is 2.01. The van der Waals surface area contributed by atoms with Crippen molar-refractivity contribution < 1.29 is 14.3 Å². The second-order valence-electron chi connectivity index (χ2n) is 6.30. The fourth-order valence-corrected chi connectivity index (χ4v) is 2.39. The first-order valence-corrected chi connectivity index (χ1v) is 8.05. The van der Waals surface area contributed by atoms with Gasteiger partial charge in [0.25, 0.3) is 0 Å². The first-order chi connectivity index (χ1) is 11.4. The molecule has 0 heterocycles. The molecule has 0 aromatic heterocycles. The number of benzene rings is 2. The van der Waals surface area contributed by atoms with Gasteiger partial charge < -0.3 is 10.1 Å². The van der Waals surface area contributed by atoms with E-state index in [4.69, 9.17) is 4.74 Å². The minimum atomic E-state index is -0.541. The smallest absolute Gasteiger partial charge is 0.338 e. The third kappa shape index (κ3) is 4.69. The zero-order valence-corrected chi connectivity index (χ0v) is 14.3. The maximum Gasteiger partial charge on any atom is 0.338 e. The van der Waals surface area contributed by atoms with E-state index in [0.717, 1.165) is 5.56 Å². The van der Waals surface area contributed by atoms with E-state index in [2.05, 4.69) is 5.32 Å². The van der Waals surface area contributed by atoms with Crippen LogP contribution >= 0.6 is 0 Å². The Morgan fingerprint density at radius 3 is 2.21 bits per heavy atom. The molecule has 0 fully saturated rings. The van der Waals surface area contributed by atoms with E-state index in [1.807, 2.05) is 44.2 Å². The van der Waals surface area contributed by atoms with Crippen LogP contribution in [0, 0.1) is 5.41 Å². The van der Waals surface area contributed by atoms with Gasteiger partial charge >= 0.3 is 5.97 Å². The zero-order chi connectivity index (χ0) is 17.6. The number of carbonyl (C=O) groups is 2. The first kappa shape index (κ1) is 17.7. The van der Waals surface area contributed by atoms with E-state index in [1.165, 1.54) is 0 Å². The third-order valence-electron chi connectivity index (χ3n) is 3.76. The molecule has 126 valence electrons. The minimum absolute atomic E-state index is 0.0600. The first-order valence-electron chi connectivity index (χ1n) is 8.05. The number of rotatable bonds is 6. The summed E-state index contributed by atoms with van der Waals surface area (Å²) in [4.78, 5) is 24.2. The Bertz CT molecular complexity index is 691. The molecule has 0 aliphatic carbocycles. The molecule has 0 radical (unpaired) electrons. The van der Waals surface area contributed by atoms with Gasteiger partial charge in [-0.1, -0.05) is 44.2 Å². The SMILES string of the molecule is CCOC(=O)c1ccc(NC(=O)C(C)(C)Cc2ccccc2)cc1. The van der Waals surface area contributed by atoms with Crippen LogP contribution in [-0.4, -0.2) is 18.5 Å². The molecule has 0 bridgehead atoms. The van der Waals surface area contributed by atoms with E-state index in [9.17, 15) is 9.59 Å². The molecule has 0 atom stereocenters. The summed E-state index contributed by atoms with van der Waals surface area (Å²) in [6.45, 7) is 5.94. The molecule has 24 heavy (non-hydrogen) atoms. The van der Waals surface area contributed by atoms with Crippen LogP contribution in [0.3, 0.4) is 0 Å². The molecule has 4 heteroatoms. The molecular formula is C20H23NO3. The molecule has 1 N–H and O–H groups in total. The lowest BCUT2D eigenvalue weighted by atomic mass is 9.84. The van der Waals surface area contributed by atoms with Crippen LogP contribution in [0.25, 0.3) is 0 Å². The molecule has 0 spiro atoms. The van der Waals surface area contributed by atoms with Crippen molar-refractivity contribution in [3.63, 3.8) is 0 Å². The van der Waals surface area contributed by atoms with E-state index in [0.29, 0.717) is 24.3 Å². The topological polar surface area (TPSA) is 55.4 Å². The Morgan fingerprint density at radius 1 is 1.00 bits per heavy atom. The van der Waals surface area contributed by atoms with Crippen molar-refractivity contribution in [3.8, 4) is 0 Å². The van der Waals surface area contributed by atoms with Gasteiger partial charge in [0, 0.05) is 11.1 Å². The van der Waals surface area contributed by atoms with Crippen LogP contribution in [0.1, 0.15) is 36.7 Å². The fourth-order valence-electron chi connectivity index (χ4n) is 2.39. The minimum Gasteiger partial charge on any atom is -0.462 e. The van der Waals surface area contributed by atoms with Crippen molar-refractivity contribution in [3.05, 3.63) is 65.7 Å². The van der Waals surface area contributed by atoms with Crippen LogP contribution in [0.4, 0.5) is 5.69 Å². The third-order valence-corrected chi connectivity index (χ3v) is 3.76. The van der Waals surface area contributed by atoms with E-state index in [1.54, 1.807) is 31.2 Å². The summed E-state index contributed by atoms with van der Waals surface area (Å²) in [7, 11) is 0. The molecule has 0 saturated heterocycles. The number of amides is 1. The van der Waals surface area contributed by atoms with Crippen LogP contribution in [-0.2, 0) is 16.0 Å². The summed E-state index contributed by atoms with van der Waals surface area (Å²) in [6.07, 6.45) is 0.653. The Hall–Kier alpha value is -2.62. The number of carbonyl (C=O) groups excluding carboxylic acids is 2. The van der Waals surface area contributed by atoms with Crippen molar-refractivity contribution in [2.24, 2.45) is 5.41 Å². The van der Waals surface area contributed by atoms with Gasteiger partial charge in [0.15, 0.2) is 0 Å². The summed E-state index contributed by atoms with van der Waals surface area (Å²) >= 11 is 0.